The van der Waals surface area contributed by atoms with E-state index in [-0.39, 0.29) is 40.6 Å². The number of rotatable bonds is 12. The van der Waals surface area contributed by atoms with E-state index in [0.717, 1.165) is 19.3 Å². The molecular formula is C18H31NaO3S. The van der Waals surface area contributed by atoms with Crippen LogP contribution >= 0.6 is 0 Å². The fraction of sp³-hybridized carbons (Fsp3) is 0.667. The van der Waals surface area contributed by atoms with Crippen LogP contribution in [0.5, 0.6) is 0 Å². The Hall–Kier alpha value is 0.130. The predicted octanol–water partition coefficient (Wildman–Crippen LogP) is 4.66. The van der Waals surface area contributed by atoms with Gasteiger partial charge in [-0.05, 0) is 25.5 Å². The molecule has 0 spiro atoms. The second-order valence-corrected chi connectivity index (χ2v) is 7.51. The van der Waals surface area contributed by atoms with Crippen LogP contribution in [0.3, 0.4) is 0 Å². The molecule has 0 bridgehead atoms. The van der Waals surface area contributed by atoms with E-state index < -0.39 is 10.1 Å². The zero-order valence-electron chi connectivity index (χ0n) is 14.0. The van der Waals surface area contributed by atoms with Crippen LogP contribution in [0.4, 0.5) is 0 Å². The van der Waals surface area contributed by atoms with Gasteiger partial charge in [-0.2, -0.15) is 8.42 Å². The van der Waals surface area contributed by atoms with Gasteiger partial charge in [0, 0.05) is 0 Å². The van der Waals surface area contributed by atoms with Crippen molar-refractivity contribution < 1.29 is 12.6 Å². The Bertz CT molecular complexity index is 488. The zero-order valence-corrected chi connectivity index (χ0v) is 14.8. The Morgan fingerprint density at radius 3 is 2.00 bits per heavy atom. The molecule has 1 unspecified atom stereocenters. The molecule has 1 atom stereocenters. The first kappa shape index (κ1) is 23.1. The van der Waals surface area contributed by atoms with Crippen molar-refractivity contribution in [2.24, 2.45) is 0 Å². The number of unbranched alkanes of at least 4 members (excludes halogenated alkanes) is 7. The minimum absolute atomic E-state index is 0. The molecule has 0 aliphatic carbocycles. The van der Waals surface area contributed by atoms with Crippen molar-refractivity contribution in [3.8, 4) is 0 Å². The minimum atomic E-state index is -3.62. The van der Waals surface area contributed by atoms with Gasteiger partial charge in [0.25, 0.3) is 10.1 Å². The Balaban J connectivity index is 0.00000484. The molecule has 1 aromatic rings. The molecule has 0 aliphatic rings. The van der Waals surface area contributed by atoms with Gasteiger partial charge in [0.05, 0.1) is 11.0 Å². The van der Waals surface area contributed by atoms with E-state index in [9.17, 15) is 8.42 Å². The van der Waals surface area contributed by atoms with E-state index in [1.165, 1.54) is 38.5 Å². The molecule has 5 heteroatoms. The van der Waals surface area contributed by atoms with Gasteiger partial charge in [-0.25, -0.2) is 0 Å². The van der Waals surface area contributed by atoms with Crippen molar-refractivity contribution in [2.45, 2.75) is 82.6 Å². The Morgan fingerprint density at radius 2 is 1.43 bits per heavy atom. The summed E-state index contributed by atoms with van der Waals surface area (Å²) < 4.78 is 29.4. The third-order valence-electron chi connectivity index (χ3n) is 3.79. The van der Waals surface area contributed by atoms with Crippen molar-refractivity contribution in [3.05, 3.63) is 30.3 Å². The third-order valence-corrected chi connectivity index (χ3v) is 5.22. The van der Waals surface area contributed by atoms with Gasteiger partial charge < -0.3 is 0 Å². The summed E-state index contributed by atoms with van der Waals surface area (Å²) in [6.45, 7) is 4.06. The first-order chi connectivity index (χ1) is 10.6. The van der Waals surface area contributed by atoms with Gasteiger partial charge in [-0.1, -0.05) is 76.5 Å². The van der Waals surface area contributed by atoms with Crippen LogP contribution in [0.2, 0.25) is 0 Å². The van der Waals surface area contributed by atoms with E-state index in [4.69, 9.17) is 4.18 Å². The molecule has 0 amide bonds. The molecule has 23 heavy (non-hydrogen) atoms. The van der Waals surface area contributed by atoms with E-state index in [2.05, 4.69) is 6.92 Å². The fourth-order valence-electron chi connectivity index (χ4n) is 2.47. The van der Waals surface area contributed by atoms with Crippen LogP contribution in [-0.4, -0.2) is 44.1 Å². The van der Waals surface area contributed by atoms with Gasteiger partial charge in [0.1, 0.15) is 0 Å². The van der Waals surface area contributed by atoms with E-state index in [0.29, 0.717) is 0 Å². The van der Waals surface area contributed by atoms with Crippen LogP contribution in [0.15, 0.2) is 35.2 Å². The molecule has 0 heterocycles. The van der Waals surface area contributed by atoms with Crippen LogP contribution in [0.1, 0.15) is 71.6 Å². The van der Waals surface area contributed by atoms with E-state index in [1.54, 1.807) is 30.3 Å². The monoisotopic (exact) mass is 350 g/mol. The van der Waals surface area contributed by atoms with Crippen molar-refractivity contribution in [3.63, 3.8) is 0 Å². The molecule has 0 aliphatic heterocycles. The first-order valence-electron chi connectivity index (χ1n) is 8.54. The third kappa shape index (κ3) is 10.6. The zero-order chi connectivity index (χ0) is 16.3. The predicted molar refractivity (Wildman–Crippen MR) is 98.6 cm³/mol. The standard InChI is InChI=1S/C18H30O3S.Na.H/c1-3-4-5-6-7-8-9-11-14-17(2)21-22(19,20)18-15-12-10-13-16-18;;/h10,12-13,15-17H,3-9,11,14H2,1-2H3;;. The normalized spacial score (nSPS) is 12.6. The van der Waals surface area contributed by atoms with E-state index in [1.807, 2.05) is 6.92 Å². The van der Waals surface area contributed by atoms with Gasteiger partial charge in [-0.3, -0.25) is 4.18 Å². The Kier molecular flexibility index (Phi) is 13.5. The molecule has 0 aromatic heterocycles. The summed E-state index contributed by atoms with van der Waals surface area (Å²) in [6.07, 6.45) is 10.5. The average Bonchev–Trinajstić information content (AvgIpc) is 2.50. The van der Waals surface area contributed by atoms with Crippen molar-refractivity contribution in [1.29, 1.82) is 0 Å². The first-order valence-corrected chi connectivity index (χ1v) is 9.95. The molecule has 1 aromatic carbocycles. The summed E-state index contributed by atoms with van der Waals surface area (Å²) in [5, 5.41) is 0. The quantitative estimate of drug-likeness (QED) is 0.313. The molecule has 128 valence electrons. The molecule has 0 N–H and O–H groups in total. The SMILES string of the molecule is CCCCCCCCCCC(C)OS(=O)(=O)c1ccccc1.[NaH]. The molecule has 0 saturated heterocycles. The van der Waals surface area contributed by atoms with Crippen molar-refractivity contribution >= 4 is 39.7 Å². The number of hydrogen-bond donors (Lipinski definition) is 0. The summed E-state index contributed by atoms with van der Waals surface area (Å²) in [7, 11) is -3.62. The van der Waals surface area contributed by atoms with Gasteiger partial charge in [0.2, 0.25) is 0 Å². The summed E-state index contributed by atoms with van der Waals surface area (Å²) >= 11 is 0. The van der Waals surface area contributed by atoms with Crippen LogP contribution in [0.25, 0.3) is 0 Å². The summed E-state index contributed by atoms with van der Waals surface area (Å²) in [5.41, 5.74) is 0. The van der Waals surface area contributed by atoms with Crippen LogP contribution < -0.4 is 0 Å². The van der Waals surface area contributed by atoms with Gasteiger partial charge in [0.15, 0.2) is 0 Å². The molecule has 1 rings (SSSR count). The van der Waals surface area contributed by atoms with E-state index >= 15 is 0 Å². The fourth-order valence-corrected chi connectivity index (χ4v) is 3.60. The van der Waals surface area contributed by atoms with Gasteiger partial charge in [-0.15, -0.1) is 0 Å². The maximum absolute atomic E-state index is 12.1. The summed E-state index contributed by atoms with van der Waals surface area (Å²) in [5.74, 6) is 0. The summed E-state index contributed by atoms with van der Waals surface area (Å²) in [4.78, 5) is 0.234. The summed E-state index contributed by atoms with van der Waals surface area (Å²) in [6, 6.07) is 8.35. The topological polar surface area (TPSA) is 43.4 Å². The number of hydrogen-bond acceptors (Lipinski definition) is 3. The van der Waals surface area contributed by atoms with Gasteiger partial charge >= 0.3 is 29.6 Å². The second-order valence-electron chi connectivity index (χ2n) is 5.94. The van der Waals surface area contributed by atoms with Crippen molar-refractivity contribution in [2.75, 3.05) is 0 Å². The van der Waals surface area contributed by atoms with Crippen LogP contribution in [0, 0.1) is 0 Å². The number of benzene rings is 1. The molecule has 0 radical (unpaired) electrons. The average molecular weight is 350 g/mol. The molecule has 0 saturated carbocycles. The molecular weight excluding hydrogens is 319 g/mol. The molecule has 3 nitrogen and oxygen atoms in total. The Labute approximate surface area is 164 Å². The van der Waals surface area contributed by atoms with Crippen molar-refractivity contribution in [1.82, 2.24) is 0 Å². The Morgan fingerprint density at radius 1 is 0.913 bits per heavy atom. The maximum atomic E-state index is 12.1. The molecule has 0 fully saturated rings. The van der Waals surface area contributed by atoms with Crippen LogP contribution in [-0.2, 0) is 14.3 Å². The second kappa shape index (κ2) is 13.4.